The molecule has 0 aromatic heterocycles. The minimum Gasteiger partial charge on any atom is -0.329 e. The predicted molar refractivity (Wildman–Crippen MR) is 88.1 cm³/mol. The third-order valence-electron chi connectivity index (χ3n) is 4.90. The predicted octanol–water partition coefficient (Wildman–Crippen LogP) is 2.46. The van der Waals surface area contributed by atoms with Crippen molar-refractivity contribution in [3.63, 3.8) is 0 Å². The Balaban J connectivity index is 1.61. The third kappa shape index (κ3) is 4.29. The zero-order valence-corrected chi connectivity index (χ0v) is 13.1. The van der Waals surface area contributed by atoms with Crippen LogP contribution in [0.25, 0.3) is 0 Å². The second kappa shape index (κ2) is 7.39. The molecule has 0 bridgehead atoms. The van der Waals surface area contributed by atoms with Gasteiger partial charge in [0.2, 0.25) is 0 Å². The molecule has 1 aromatic rings. The summed E-state index contributed by atoms with van der Waals surface area (Å²) in [4.78, 5) is 5.35. The number of nitrogens with zero attached hydrogens (tertiary/aromatic N) is 2. The van der Waals surface area contributed by atoms with E-state index in [0.29, 0.717) is 6.04 Å². The Hall–Kier alpha value is -0.900. The molecule has 1 atom stereocenters. The normalized spacial score (nSPS) is 23.6. The molecule has 0 radical (unpaired) electrons. The highest BCUT2D eigenvalue weighted by molar-refractivity contribution is 5.15. The highest BCUT2D eigenvalue weighted by Gasteiger charge is 2.32. The average molecular weight is 287 g/mol. The lowest BCUT2D eigenvalue weighted by atomic mass is 10.0. The Bertz CT molecular complexity index is 414. The summed E-state index contributed by atoms with van der Waals surface area (Å²) in [5.74, 6) is 0. The van der Waals surface area contributed by atoms with Crippen molar-refractivity contribution >= 4 is 0 Å². The van der Waals surface area contributed by atoms with Gasteiger partial charge in [-0.2, -0.15) is 0 Å². The number of benzene rings is 1. The molecule has 1 unspecified atom stereocenters. The summed E-state index contributed by atoms with van der Waals surface area (Å²) in [5.41, 5.74) is 7.24. The van der Waals surface area contributed by atoms with E-state index in [0.717, 1.165) is 25.7 Å². The number of likely N-dealkylation sites (tertiary alicyclic amines) is 1. The highest BCUT2D eigenvalue weighted by Crippen LogP contribution is 2.30. The molecule has 0 amide bonds. The van der Waals surface area contributed by atoms with Gasteiger partial charge in [-0.05, 0) is 37.8 Å². The Morgan fingerprint density at radius 1 is 1.10 bits per heavy atom. The van der Waals surface area contributed by atoms with Crippen LogP contribution in [0.15, 0.2) is 30.3 Å². The molecule has 3 nitrogen and oxygen atoms in total. The van der Waals surface area contributed by atoms with Gasteiger partial charge in [-0.1, -0.05) is 36.8 Å². The molecule has 1 aliphatic heterocycles. The first kappa shape index (κ1) is 15.0. The lowest BCUT2D eigenvalue weighted by Crippen LogP contribution is -2.48. The molecule has 0 spiro atoms. The monoisotopic (exact) mass is 287 g/mol. The van der Waals surface area contributed by atoms with Crippen LogP contribution in [-0.2, 0) is 6.54 Å². The first-order valence-corrected chi connectivity index (χ1v) is 8.59. The van der Waals surface area contributed by atoms with E-state index < -0.39 is 0 Å². The van der Waals surface area contributed by atoms with Crippen LogP contribution in [0.4, 0.5) is 0 Å². The summed E-state index contributed by atoms with van der Waals surface area (Å²) in [6, 6.07) is 12.5. The molecule has 1 aromatic carbocycles. The number of rotatable bonds is 7. The summed E-state index contributed by atoms with van der Waals surface area (Å²) in [7, 11) is 0. The third-order valence-corrected chi connectivity index (χ3v) is 4.90. The largest absolute Gasteiger partial charge is 0.329 e. The fraction of sp³-hybridized carbons (Fsp3) is 0.667. The van der Waals surface area contributed by atoms with Gasteiger partial charge in [0.15, 0.2) is 0 Å². The quantitative estimate of drug-likeness (QED) is 0.836. The van der Waals surface area contributed by atoms with E-state index in [2.05, 4.69) is 40.1 Å². The van der Waals surface area contributed by atoms with Crippen molar-refractivity contribution in [3.8, 4) is 0 Å². The van der Waals surface area contributed by atoms with Crippen LogP contribution in [0, 0.1) is 0 Å². The van der Waals surface area contributed by atoms with Crippen molar-refractivity contribution in [2.24, 2.45) is 5.73 Å². The number of hydrogen-bond acceptors (Lipinski definition) is 3. The van der Waals surface area contributed by atoms with E-state index in [9.17, 15) is 0 Å². The fourth-order valence-electron chi connectivity index (χ4n) is 3.60. The van der Waals surface area contributed by atoms with Crippen LogP contribution in [0.3, 0.4) is 0 Å². The summed E-state index contributed by atoms with van der Waals surface area (Å²) in [6.45, 7) is 5.43. The van der Waals surface area contributed by atoms with Crippen molar-refractivity contribution in [2.75, 3.05) is 26.2 Å². The lowest BCUT2D eigenvalue weighted by Gasteiger charge is -2.38. The maximum Gasteiger partial charge on any atom is 0.0237 e. The van der Waals surface area contributed by atoms with Crippen LogP contribution in [0.1, 0.15) is 37.7 Å². The first-order valence-electron chi connectivity index (χ1n) is 8.59. The molecule has 1 heterocycles. The minimum absolute atomic E-state index is 0.714. The molecule has 2 N–H and O–H groups in total. The van der Waals surface area contributed by atoms with Gasteiger partial charge in [0, 0.05) is 38.3 Å². The molecule has 1 saturated heterocycles. The van der Waals surface area contributed by atoms with Crippen molar-refractivity contribution in [1.29, 1.82) is 0 Å². The van der Waals surface area contributed by atoms with Crippen molar-refractivity contribution in [3.05, 3.63) is 35.9 Å². The maximum atomic E-state index is 5.79. The van der Waals surface area contributed by atoms with Crippen molar-refractivity contribution < 1.29 is 0 Å². The number of hydrogen-bond donors (Lipinski definition) is 1. The standard InChI is InChI=1S/C18H29N3/c19-11-13-20-12-5-4-8-18(20)15-21(17-9-10-17)14-16-6-2-1-3-7-16/h1-3,6-7,17-18H,4-5,8-15,19H2. The van der Waals surface area contributed by atoms with Gasteiger partial charge >= 0.3 is 0 Å². The lowest BCUT2D eigenvalue weighted by molar-refractivity contribution is 0.100. The van der Waals surface area contributed by atoms with Gasteiger partial charge in [0.25, 0.3) is 0 Å². The van der Waals surface area contributed by atoms with Crippen LogP contribution >= 0.6 is 0 Å². The van der Waals surface area contributed by atoms with E-state index >= 15 is 0 Å². The zero-order chi connectivity index (χ0) is 14.5. The summed E-state index contributed by atoms with van der Waals surface area (Å²) < 4.78 is 0. The summed E-state index contributed by atoms with van der Waals surface area (Å²) in [6.07, 6.45) is 6.85. The molecule has 3 heteroatoms. The van der Waals surface area contributed by atoms with Crippen LogP contribution in [0.2, 0.25) is 0 Å². The molecule has 3 rings (SSSR count). The topological polar surface area (TPSA) is 32.5 Å². The Kier molecular flexibility index (Phi) is 5.28. The maximum absolute atomic E-state index is 5.79. The molecule has 116 valence electrons. The minimum atomic E-state index is 0.714. The van der Waals surface area contributed by atoms with E-state index in [1.807, 2.05) is 0 Å². The molecule has 2 aliphatic rings. The van der Waals surface area contributed by atoms with Crippen LogP contribution in [0.5, 0.6) is 0 Å². The summed E-state index contributed by atoms with van der Waals surface area (Å²) >= 11 is 0. The SMILES string of the molecule is NCCN1CCCCC1CN(Cc1ccccc1)C1CC1. The Morgan fingerprint density at radius 3 is 2.62 bits per heavy atom. The molecule has 21 heavy (non-hydrogen) atoms. The second-order valence-corrected chi connectivity index (χ2v) is 6.62. The van der Waals surface area contributed by atoms with Gasteiger partial charge in [-0.3, -0.25) is 9.80 Å². The molecular weight excluding hydrogens is 258 g/mol. The summed E-state index contributed by atoms with van der Waals surface area (Å²) in [5, 5.41) is 0. The Morgan fingerprint density at radius 2 is 1.90 bits per heavy atom. The molecule has 2 fully saturated rings. The van der Waals surface area contributed by atoms with Gasteiger partial charge in [-0.25, -0.2) is 0 Å². The van der Waals surface area contributed by atoms with Crippen LogP contribution in [-0.4, -0.2) is 48.1 Å². The van der Waals surface area contributed by atoms with Gasteiger partial charge in [0.05, 0.1) is 0 Å². The molecule has 1 aliphatic carbocycles. The number of nitrogens with two attached hydrogens (primary N) is 1. The van der Waals surface area contributed by atoms with Gasteiger partial charge < -0.3 is 5.73 Å². The Labute approximate surface area is 129 Å². The zero-order valence-electron chi connectivity index (χ0n) is 13.1. The molecule has 1 saturated carbocycles. The first-order chi connectivity index (χ1) is 10.4. The highest BCUT2D eigenvalue weighted by atomic mass is 15.2. The van der Waals surface area contributed by atoms with E-state index in [4.69, 9.17) is 5.73 Å². The second-order valence-electron chi connectivity index (χ2n) is 6.62. The van der Waals surface area contributed by atoms with E-state index in [1.54, 1.807) is 0 Å². The smallest absolute Gasteiger partial charge is 0.0237 e. The fourth-order valence-corrected chi connectivity index (χ4v) is 3.60. The van der Waals surface area contributed by atoms with E-state index in [1.165, 1.54) is 50.8 Å². The van der Waals surface area contributed by atoms with Gasteiger partial charge in [0.1, 0.15) is 0 Å². The average Bonchev–Trinajstić information content (AvgIpc) is 3.35. The van der Waals surface area contributed by atoms with Gasteiger partial charge in [-0.15, -0.1) is 0 Å². The molecular formula is C18H29N3. The van der Waals surface area contributed by atoms with E-state index in [-0.39, 0.29) is 0 Å². The van der Waals surface area contributed by atoms with Crippen LogP contribution < -0.4 is 5.73 Å². The van der Waals surface area contributed by atoms with Crippen molar-refractivity contribution in [1.82, 2.24) is 9.80 Å². The number of piperidine rings is 1. The van der Waals surface area contributed by atoms with Crippen molar-refractivity contribution in [2.45, 2.75) is 50.7 Å².